The molecule has 112 valence electrons. The summed E-state index contributed by atoms with van der Waals surface area (Å²) in [6.07, 6.45) is 0. The predicted molar refractivity (Wildman–Crippen MR) is 75.9 cm³/mol. The van der Waals surface area contributed by atoms with Gasteiger partial charge in [0.2, 0.25) is 5.75 Å². The molecule has 0 aliphatic heterocycles. The summed E-state index contributed by atoms with van der Waals surface area (Å²) in [7, 11) is 4.40. The number of tetrazole rings is 1. The van der Waals surface area contributed by atoms with Crippen LogP contribution in [0.2, 0.25) is 0 Å². The lowest BCUT2D eigenvalue weighted by atomic mass is 10.1. The van der Waals surface area contributed by atoms with Gasteiger partial charge in [-0.2, -0.15) is 5.21 Å². The van der Waals surface area contributed by atoms with Crippen LogP contribution in [0.3, 0.4) is 0 Å². The van der Waals surface area contributed by atoms with Gasteiger partial charge < -0.3 is 14.2 Å². The van der Waals surface area contributed by atoms with E-state index in [2.05, 4.69) is 41.9 Å². The minimum atomic E-state index is -0.456. The zero-order valence-electron chi connectivity index (χ0n) is 11.4. The molecule has 10 heteroatoms. The molecule has 9 nitrogen and oxygen atoms in total. The topological polar surface area (TPSA) is 111 Å². The molecule has 0 aliphatic carbocycles. The Bertz CT molecular complexity index is 647. The van der Waals surface area contributed by atoms with Gasteiger partial charge in [0, 0.05) is 0 Å². The number of carbonyl (C=O) groups excluding carboxylic acids is 1. The summed E-state index contributed by atoms with van der Waals surface area (Å²) in [6.45, 7) is 0. The number of H-pyrrole nitrogens is 1. The fourth-order valence-electron chi connectivity index (χ4n) is 1.67. The predicted octanol–water partition coefficient (Wildman–Crippen LogP) is 1.24. The molecule has 0 spiro atoms. The van der Waals surface area contributed by atoms with Crippen molar-refractivity contribution in [2.45, 2.75) is 0 Å². The van der Waals surface area contributed by atoms with Crippen LogP contribution in [0.25, 0.3) is 0 Å². The third-order valence-corrected chi connectivity index (χ3v) is 3.37. The summed E-state index contributed by atoms with van der Waals surface area (Å²) < 4.78 is 16.1. The summed E-state index contributed by atoms with van der Waals surface area (Å²) in [5.41, 5.74) is 0.273. The Morgan fingerprint density at radius 2 is 1.95 bits per heavy atom. The van der Waals surface area contributed by atoms with Crippen LogP contribution in [-0.2, 0) is 0 Å². The van der Waals surface area contributed by atoms with Crippen LogP contribution >= 0.6 is 15.9 Å². The summed E-state index contributed by atoms with van der Waals surface area (Å²) in [5.74, 6) is 0.678. The first-order chi connectivity index (χ1) is 10.1. The Hall–Kier alpha value is -2.36. The molecule has 0 aliphatic rings. The molecule has 1 aromatic heterocycles. The first kappa shape index (κ1) is 15.0. The standard InChI is InChI=1S/C11H12BrN5O4/c1-19-6-4-5(7(12)9(21-3)8(6)20-2)10(18)13-11-14-16-17-15-11/h4H,1-3H3,(H2,13,14,15,16,17,18). The van der Waals surface area contributed by atoms with Crippen LogP contribution in [0.4, 0.5) is 5.95 Å². The molecular weight excluding hydrogens is 346 g/mol. The van der Waals surface area contributed by atoms with E-state index in [4.69, 9.17) is 14.2 Å². The minimum absolute atomic E-state index is 0.0562. The molecule has 2 N–H and O–H groups in total. The van der Waals surface area contributed by atoms with E-state index in [1.807, 2.05) is 0 Å². The van der Waals surface area contributed by atoms with E-state index in [0.29, 0.717) is 21.7 Å². The van der Waals surface area contributed by atoms with E-state index in [1.54, 1.807) is 0 Å². The lowest BCUT2D eigenvalue weighted by Gasteiger charge is -2.16. The maximum atomic E-state index is 12.3. The normalized spacial score (nSPS) is 10.1. The van der Waals surface area contributed by atoms with E-state index >= 15 is 0 Å². The number of methoxy groups -OCH3 is 3. The van der Waals surface area contributed by atoms with E-state index in [9.17, 15) is 4.79 Å². The SMILES string of the molecule is COc1cc(C(=O)Nc2nn[nH]n2)c(Br)c(OC)c1OC. The highest BCUT2D eigenvalue weighted by molar-refractivity contribution is 9.10. The summed E-state index contributed by atoms with van der Waals surface area (Å²) in [6, 6.07) is 1.51. The molecule has 0 radical (unpaired) electrons. The minimum Gasteiger partial charge on any atom is -0.493 e. The van der Waals surface area contributed by atoms with Crippen LogP contribution in [0.1, 0.15) is 10.4 Å². The first-order valence-electron chi connectivity index (χ1n) is 5.65. The Balaban J connectivity index is 2.45. The molecule has 0 unspecified atom stereocenters. The largest absolute Gasteiger partial charge is 0.493 e. The molecule has 1 aromatic carbocycles. The number of aromatic amines is 1. The first-order valence-corrected chi connectivity index (χ1v) is 6.44. The molecular formula is C11H12BrN5O4. The number of ether oxygens (including phenoxy) is 3. The van der Waals surface area contributed by atoms with Gasteiger partial charge in [0.1, 0.15) is 0 Å². The lowest BCUT2D eigenvalue weighted by molar-refractivity contribution is 0.102. The van der Waals surface area contributed by atoms with Crippen molar-refractivity contribution >= 4 is 27.8 Å². The maximum Gasteiger partial charge on any atom is 0.270 e. The zero-order valence-corrected chi connectivity index (χ0v) is 13.0. The molecule has 0 saturated heterocycles. The molecule has 0 atom stereocenters. The monoisotopic (exact) mass is 357 g/mol. The molecule has 1 amide bonds. The Morgan fingerprint density at radius 1 is 1.24 bits per heavy atom. The fraction of sp³-hybridized carbons (Fsp3) is 0.273. The van der Waals surface area contributed by atoms with Crippen molar-refractivity contribution in [1.29, 1.82) is 0 Å². The van der Waals surface area contributed by atoms with Crippen molar-refractivity contribution in [1.82, 2.24) is 20.6 Å². The Labute approximate surface area is 128 Å². The molecule has 0 fully saturated rings. The second kappa shape index (κ2) is 6.39. The fourth-order valence-corrected chi connectivity index (χ4v) is 2.31. The van der Waals surface area contributed by atoms with E-state index in [0.717, 1.165) is 0 Å². The highest BCUT2D eigenvalue weighted by Gasteiger charge is 2.23. The van der Waals surface area contributed by atoms with Gasteiger partial charge in [-0.25, -0.2) is 0 Å². The van der Waals surface area contributed by atoms with Crippen molar-refractivity contribution in [2.24, 2.45) is 0 Å². The van der Waals surface area contributed by atoms with Gasteiger partial charge in [-0.3, -0.25) is 10.1 Å². The van der Waals surface area contributed by atoms with Gasteiger partial charge in [0.15, 0.2) is 11.5 Å². The quantitative estimate of drug-likeness (QED) is 0.827. The van der Waals surface area contributed by atoms with Crippen LogP contribution in [0.5, 0.6) is 17.2 Å². The van der Waals surface area contributed by atoms with Gasteiger partial charge in [-0.05, 0) is 27.2 Å². The Morgan fingerprint density at radius 3 is 2.48 bits per heavy atom. The number of anilines is 1. The lowest BCUT2D eigenvalue weighted by Crippen LogP contribution is -2.14. The number of halogens is 1. The molecule has 2 rings (SSSR count). The van der Waals surface area contributed by atoms with Crippen molar-refractivity contribution < 1.29 is 19.0 Å². The third-order valence-electron chi connectivity index (χ3n) is 2.58. The van der Waals surface area contributed by atoms with Gasteiger partial charge >= 0.3 is 0 Å². The van der Waals surface area contributed by atoms with Crippen molar-refractivity contribution in [3.8, 4) is 17.2 Å². The molecule has 2 aromatic rings. The number of benzene rings is 1. The van der Waals surface area contributed by atoms with Crippen molar-refractivity contribution in [2.75, 3.05) is 26.6 Å². The number of nitrogens with one attached hydrogen (secondary N) is 2. The molecule has 0 saturated carbocycles. The average molecular weight is 358 g/mol. The van der Waals surface area contributed by atoms with Crippen LogP contribution in [0.15, 0.2) is 10.5 Å². The summed E-state index contributed by atoms with van der Waals surface area (Å²) in [4.78, 5) is 12.3. The average Bonchev–Trinajstić information content (AvgIpc) is 2.99. The maximum absolute atomic E-state index is 12.3. The number of nitrogens with zero attached hydrogens (tertiary/aromatic N) is 3. The second-order valence-corrected chi connectivity index (χ2v) is 4.49. The number of hydrogen-bond donors (Lipinski definition) is 2. The molecule has 0 bridgehead atoms. The third kappa shape index (κ3) is 2.89. The molecule has 21 heavy (non-hydrogen) atoms. The number of rotatable bonds is 5. The Kier molecular flexibility index (Phi) is 4.58. The zero-order chi connectivity index (χ0) is 15.4. The van der Waals surface area contributed by atoms with Gasteiger partial charge in [0.05, 0.1) is 31.4 Å². The van der Waals surface area contributed by atoms with Gasteiger partial charge in [-0.1, -0.05) is 5.10 Å². The second-order valence-electron chi connectivity index (χ2n) is 3.70. The van der Waals surface area contributed by atoms with Crippen LogP contribution in [0, 0.1) is 0 Å². The van der Waals surface area contributed by atoms with Crippen LogP contribution in [-0.4, -0.2) is 47.9 Å². The van der Waals surface area contributed by atoms with E-state index < -0.39 is 5.91 Å². The summed E-state index contributed by atoms with van der Waals surface area (Å²) in [5, 5.41) is 15.4. The van der Waals surface area contributed by atoms with E-state index in [1.165, 1.54) is 27.4 Å². The highest BCUT2D eigenvalue weighted by atomic mass is 79.9. The summed E-state index contributed by atoms with van der Waals surface area (Å²) >= 11 is 3.32. The molecule has 1 heterocycles. The number of hydrogen-bond acceptors (Lipinski definition) is 7. The van der Waals surface area contributed by atoms with Gasteiger partial charge in [-0.15, -0.1) is 5.10 Å². The van der Waals surface area contributed by atoms with Gasteiger partial charge in [0.25, 0.3) is 11.9 Å². The van der Waals surface area contributed by atoms with E-state index in [-0.39, 0.29) is 11.5 Å². The number of amides is 1. The van der Waals surface area contributed by atoms with Crippen LogP contribution < -0.4 is 19.5 Å². The number of carbonyl (C=O) groups is 1. The highest BCUT2D eigenvalue weighted by Crippen LogP contribution is 2.44. The smallest absolute Gasteiger partial charge is 0.270 e. The van der Waals surface area contributed by atoms with Crippen molar-refractivity contribution in [3.05, 3.63) is 16.1 Å². The van der Waals surface area contributed by atoms with Crippen molar-refractivity contribution in [3.63, 3.8) is 0 Å². The number of aromatic nitrogens is 4.